The summed E-state index contributed by atoms with van der Waals surface area (Å²) in [4.78, 5) is 31.0. The lowest BCUT2D eigenvalue weighted by Crippen LogP contribution is -2.33. The maximum atomic E-state index is 11.0. The van der Waals surface area contributed by atoms with Gasteiger partial charge in [-0.1, -0.05) is 0 Å². The molecule has 0 aliphatic carbocycles. The summed E-state index contributed by atoms with van der Waals surface area (Å²) in [7, 11) is 0. The molecule has 0 saturated carbocycles. The standard InChI is InChI=1S/C8H14N2O4/c1-8(2,3)14-7(12)9-5-4-6(11)10-13/h4-5H2,1-3H3,(H,9,12). The summed E-state index contributed by atoms with van der Waals surface area (Å²) in [6, 6.07) is 0. The summed E-state index contributed by atoms with van der Waals surface area (Å²) in [5, 5.41) is 4.50. The minimum Gasteiger partial charge on any atom is -0.444 e. The van der Waals surface area contributed by atoms with Crippen LogP contribution in [-0.2, 0) is 9.53 Å². The van der Waals surface area contributed by atoms with Crippen molar-refractivity contribution in [2.24, 2.45) is 5.18 Å². The van der Waals surface area contributed by atoms with Crippen LogP contribution in [0.15, 0.2) is 5.18 Å². The van der Waals surface area contributed by atoms with Gasteiger partial charge in [0.05, 0.1) is 0 Å². The lowest BCUT2D eigenvalue weighted by molar-refractivity contribution is -0.117. The first-order valence-electron chi connectivity index (χ1n) is 4.18. The molecule has 2 amide bonds. The quantitative estimate of drug-likeness (QED) is 0.696. The van der Waals surface area contributed by atoms with Crippen molar-refractivity contribution in [3.05, 3.63) is 4.91 Å². The topological polar surface area (TPSA) is 84.8 Å². The van der Waals surface area contributed by atoms with Crippen molar-refractivity contribution >= 4 is 12.0 Å². The molecule has 80 valence electrons. The number of carbonyl (C=O) groups is 2. The molecule has 0 heterocycles. The number of ether oxygens (including phenoxy) is 1. The van der Waals surface area contributed by atoms with Gasteiger partial charge in [-0.15, -0.1) is 4.91 Å². The number of hydrogen-bond donors (Lipinski definition) is 1. The molecule has 6 heteroatoms. The van der Waals surface area contributed by atoms with E-state index in [0.29, 0.717) is 0 Å². The Morgan fingerprint density at radius 3 is 2.36 bits per heavy atom. The van der Waals surface area contributed by atoms with Gasteiger partial charge >= 0.3 is 6.09 Å². The molecule has 0 rings (SSSR count). The minimum absolute atomic E-state index is 0.0550. The Morgan fingerprint density at radius 2 is 1.93 bits per heavy atom. The van der Waals surface area contributed by atoms with Gasteiger partial charge in [0.1, 0.15) is 5.60 Å². The van der Waals surface area contributed by atoms with E-state index < -0.39 is 17.6 Å². The third kappa shape index (κ3) is 7.20. The fraction of sp³-hybridized carbons (Fsp3) is 0.750. The van der Waals surface area contributed by atoms with Crippen LogP contribution in [0.3, 0.4) is 0 Å². The van der Waals surface area contributed by atoms with E-state index in [4.69, 9.17) is 4.74 Å². The Kier molecular flexibility index (Phi) is 4.76. The Balaban J connectivity index is 3.65. The summed E-state index contributed by atoms with van der Waals surface area (Å²) in [5.74, 6) is -0.791. The van der Waals surface area contributed by atoms with Crippen LogP contribution in [0.5, 0.6) is 0 Å². The number of nitroso groups, excluding NO2 is 1. The first-order valence-corrected chi connectivity index (χ1v) is 4.18. The third-order valence-electron chi connectivity index (χ3n) is 1.11. The van der Waals surface area contributed by atoms with E-state index in [-0.39, 0.29) is 13.0 Å². The highest BCUT2D eigenvalue weighted by Gasteiger charge is 2.15. The molecule has 0 atom stereocenters. The number of carbonyl (C=O) groups excluding carboxylic acids is 2. The molecule has 6 nitrogen and oxygen atoms in total. The highest BCUT2D eigenvalue weighted by Crippen LogP contribution is 2.06. The van der Waals surface area contributed by atoms with E-state index >= 15 is 0 Å². The number of hydrogen-bond acceptors (Lipinski definition) is 4. The molecule has 0 bridgehead atoms. The first-order chi connectivity index (χ1) is 6.35. The highest BCUT2D eigenvalue weighted by atomic mass is 16.6. The molecule has 1 N–H and O–H groups in total. The predicted molar refractivity (Wildman–Crippen MR) is 49.7 cm³/mol. The van der Waals surface area contributed by atoms with Crippen LogP contribution in [0.4, 0.5) is 4.79 Å². The Morgan fingerprint density at radius 1 is 1.36 bits per heavy atom. The van der Waals surface area contributed by atoms with Crippen LogP contribution in [0.25, 0.3) is 0 Å². The average molecular weight is 202 g/mol. The number of nitrogens with one attached hydrogen (secondary N) is 1. The maximum absolute atomic E-state index is 11.0. The molecule has 0 aromatic carbocycles. The Bertz CT molecular complexity index is 232. The summed E-state index contributed by atoms with van der Waals surface area (Å²) in [6.45, 7) is 5.24. The smallest absolute Gasteiger partial charge is 0.407 e. The van der Waals surface area contributed by atoms with Gasteiger partial charge in [-0.3, -0.25) is 4.79 Å². The van der Waals surface area contributed by atoms with Crippen LogP contribution >= 0.6 is 0 Å². The van der Waals surface area contributed by atoms with Gasteiger partial charge in [0.2, 0.25) is 0 Å². The molecular formula is C8H14N2O4. The van der Waals surface area contributed by atoms with Crippen molar-refractivity contribution < 1.29 is 14.3 Å². The second-order valence-corrected chi connectivity index (χ2v) is 3.66. The van der Waals surface area contributed by atoms with Crippen molar-refractivity contribution in [1.82, 2.24) is 5.32 Å². The van der Waals surface area contributed by atoms with Crippen LogP contribution in [-0.4, -0.2) is 24.1 Å². The molecule has 0 unspecified atom stereocenters. The monoisotopic (exact) mass is 202 g/mol. The second kappa shape index (κ2) is 5.31. The lowest BCUT2D eigenvalue weighted by Gasteiger charge is -2.19. The lowest BCUT2D eigenvalue weighted by atomic mass is 10.2. The van der Waals surface area contributed by atoms with E-state index in [2.05, 4.69) is 10.5 Å². The van der Waals surface area contributed by atoms with E-state index in [9.17, 15) is 14.5 Å². The maximum Gasteiger partial charge on any atom is 0.407 e. The summed E-state index contributed by atoms with van der Waals surface area (Å²) in [6.07, 6.45) is -0.723. The van der Waals surface area contributed by atoms with E-state index in [0.717, 1.165) is 0 Å². The number of amides is 2. The van der Waals surface area contributed by atoms with Crippen LogP contribution < -0.4 is 5.32 Å². The van der Waals surface area contributed by atoms with Crippen molar-refractivity contribution in [2.45, 2.75) is 32.8 Å². The van der Waals surface area contributed by atoms with Crippen molar-refractivity contribution in [2.75, 3.05) is 6.54 Å². The molecule has 0 aromatic rings. The fourth-order valence-corrected chi connectivity index (χ4v) is 0.631. The predicted octanol–water partition coefficient (Wildman–Crippen LogP) is 1.19. The van der Waals surface area contributed by atoms with Crippen LogP contribution in [0.1, 0.15) is 27.2 Å². The van der Waals surface area contributed by atoms with Gasteiger partial charge in [0.15, 0.2) is 0 Å². The summed E-state index contributed by atoms with van der Waals surface area (Å²) < 4.78 is 4.88. The molecular weight excluding hydrogens is 188 g/mol. The van der Waals surface area contributed by atoms with Crippen molar-refractivity contribution in [3.8, 4) is 0 Å². The zero-order chi connectivity index (χ0) is 11.2. The van der Waals surface area contributed by atoms with Gasteiger partial charge in [-0.05, 0) is 20.8 Å². The number of alkyl carbamates (subject to hydrolysis) is 1. The summed E-state index contributed by atoms with van der Waals surface area (Å²) in [5.41, 5.74) is -0.572. The van der Waals surface area contributed by atoms with E-state index in [1.54, 1.807) is 20.8 Å². The Labute approximate surface area is 82.0 Å². The van der Waals surface area contributed by atoms with Gasteiger partial charge < -0.3 is 10.1 Å². The first kappa shape index (κ1) is 12.5. The zero-order valence-corrected chi connectivity index (χ0v) is 8.49. The van der Waals surface area contributed by atoms with E-state index in [1.165, 1.54) is 0 Å². The molecule has 0 fully saturated rings. The fourth-order valence-electron chi connectivity index (χ4n) is 0.631. The van der Waals surface area contributed by atoms with Gasteiger partial charge in [-0.25, -0.2) is 4.79 Å². The summed E-state index contributed by atoms with van der Waals surface area (Å²) >= 11 is 0. The molecule has 0 aliphatic rings. The third-order valence-corrected chi connectivity index (χ3v) is 1.11. The largest absolute Gasteiger partial charge is 0.444 e. The average Bonchev–Trinajstić information content (AvgIpc) is 2.00. The van der Waals surface area contributed by atoms with Gasteiger partial charge in [0, 0.05) is 18.1 Å². The number of nitrogens with zero attached hydrogens (tertiary/aromatic N) is 1. The number of rotatable bonds is 3. The van der Waals surface area contributed by atoms with Crippen molar-refractivity contribution in [3.63, 3.8) is 0 Å². The Hall–Kier alpha value is -1.46. The SMILES string of the molecule is CC(C)(C)OC(=O)NCCC(=O)N=O. The minimum atomic E-state index is -0.791. The molecule has 0 spiro atoms. The van der Waals surface area contributed by atoms with Crippen LogP contribution in [0.2, 0.25) is 0 Å². The van der Waals surface area contributed by atoms with Crippen LogP contribution in [0, 0.1) is 4.91 Å². The second-order valence-electron chi connectivity index (χ2n) is 3.66. The normalized spacial score (nSPS) is 10.5. The zero-order valence-electron chi connectivity index (χ0n) is 8.49. The molecule has 0 aliphatic heterocycles. The van der Waals surface area contributed by atoms with Gasteiger partial charge in [0.25, 0.3) is 5.91 Å². The molecule has 14 heavy (non-hydrogen) atoms. The molecule has 0 saturated heterocycles. The van der Waals surface area contributed by atoms with Gasteiger partial charge in [-0.2, -0.15) is 0 Å². The van der Waals surface area contributed by atoms with Crippen molar-refractivity contribution in [1.29, 1.82) is 0 Å². The molecule has 0 aromatic heterocycles. The highest BCUT2D eigenvalue weighted by molar-refractivity contribution is 5.77. The molecule has 0 radical (unpaired) electrons. The van der Waals surface area contributed by atoms with E-state index in [1.807, 2.05) is 0 Å².